The zero-order chi connectivity index (χ0) is 13.9. The molecule has 0 saturated heterocycles. The Balaban J connectivity index is 1.83. The zero-order valence-corrected chi connectivity index (χ0v) is 12.0. The van der Waals surface area contributed by atoms with E-state index in [0.717, 1.165) is 31.9 Å². The number of aryl methyl sites for hydroxylation is 1. The molecule has 1 unspecified atom stereocenters. The molecule has 5 nitrogen and oxygen atoms in total. The van der Waals surface area contributed by atoms with Crippen LogP contribution < -0.4 is 5.32 Å². The van der Waals surface area contributed by atoms with Gasteiger partial charge in [0.25, 0.3) is 0 Å². The summed E-state index contributed by atoms with van der Waals surface area (Å²) in [6.45, 7) is 8.00. The first-order chi connectivity index (χ1) is 9.08. The molecule has 1 atom stereocenters. The summed E-state index contributed by atoms with van der Waals surface area (Å²) < 4.78 is 7.36. The van der Waals surface area contributed by atoms with Crippen LogP contribution in [-0.2, 0) is 9.53 Å². The lowest BCUT2D eigenvalue weighted by Gasteiger charge is -2.19. The maximum atomic E-state index is 12.1. The second kappa shape index (κ2) is 5.74. The Bertz CT molecular complexity index is 438. The number of carbonyl (C=O) groups excluding carboxylic acids is 1. The quantitative estimate of drug-likeness (QED) is 0.816. The van der Waals surface area contributed by atoms with Gasteiger partial charge in [-0.3, -0.25) is 4.79 Å². The van der Waals surface area contributed by atoms with Crippen LogP contribution in [-0.4, -0.2) is 35.2 Å². The molecule has 1 aliphatic carbocycles. The molecule has 1 aromatic rings. The summed E-state index contributed by atoms with van der Waals surface area (Å²) in [6.07, 6.45) is 5.85. The van der Waals surface area contributed by atoms with E-state index in [2.05, 4.69) is 10.3 Å². The van der Waals surface area contributed by atoms with Gasteiger partial charge in [-0.15, -0.1) is 0 Å². The van der Waals surface area contributed by atoms with Crippen molar-refractivity contribution in [3.63, 3.8) is 0 Å². The average Bonchev–Trinajstić information content (AvgIpc) is 3.06. The first-order valence-corrected chi connectivity index (χ1v) is 6.93. The lowest BCUT2D eigenvalue weighted by Crippen LogP contribution is -2.36. The Kier molecular flexibility index (Phi) is 4.24. The van der Waals surface area contributed by atoms with Crippen molar-refractivity contribution in [2.45, 2.75) is 39.7 Å². The minimum atomic E-state index is -0.217. The summed E-state index contributed by atoms with van der Waals surface area (Å²) in [5.41, 5.74) is 0.190. The second-order valence-electron chi connectivity index (χ2n) is 5.41. The molecule has 0 bridgehead atoms. The molecule has 106 valence electrons. The van der Waals surface area contributed by atoms with Crippen LogP contribution in [0.2, 0.25) is 0 Å². The fourth-order valence-electron chi connectivity index (χ4n) is 2.21. The van der Waals surface area contributed by atoms with E-state index in [1.165, 1.54) is 0 Å². The van der Waals surface area contributed by atoms with Crippen LogP contribution in [0.15, 0.2) is 12.4 Å². The number of nitrogens with zero attached hydrogens (tertiary/aromatic N) is 2. The maximum Gasteiger partial charge on any atom is 0.242 e. The summed E-state index contributed by atoms with van der Waals surface area (Å²) in [4.78, 5) is 16.3. The monoisotopic (exact) mass is 265 g/mol. The third-order valence-electron chi connectivity index (χ3n) is 3.87. The molecule has 1 aliphatic rings. The normalized spacial score (nSPS) is 18.1. The number of imidazole rings is 1. The van der Waals surface area contributed by atoms with Gasteiger partial charge in [0.2, 0.25) is 5.91 Å². The second-order valence-corrected chi connectivity index (χ2v) is 5.41. The maximum absolute atomic E-state index is 12.1. The van der Waals surface area contributed by atoms with Gasteiger partial charge in [-0.1, -0.05) is 0 Å². The van der Waals surface area contributed by atoms with E-state index in [0.29, 0.717) is 6.54 Å². The summed E-state index contributed by atoms with van der Waals surface area (Å²) in [5, 5.41) is 3.04. The summed E-state index contributed by atoms with van der Waals surface area (Å²) in [6, 6.07) is -0.217. The van der Waals surface area contributed by atoms with Crippen molar-refractivity contribution in [3.8, 4) is 0 Å². The van der Waals surface area contributed by atoms with E-state index >= 15 is 0 Å². The van der Waals surface area contributed by atoms with Crippen LogP contribution in [0.5, 0.6) is 0 Å². The third kappa shape index (κ3) is 3.35. The largest absolute Gasteiger partial charge is 0.381 e. The highest BCUT2D eigenvalue weighted by molar-refractivity contribution is 5.80. The predicted octanol–water partition coefficient (Wildman–Crippen LogP) is 1.69. The van der Waals surface area contributed by atoms with Crippen molar-refractivity contribution in [2.75, 3.05) is 19.8 Å². The fourth-order valence-corrected chi connectivity index (χ4v) is 2.21. The molecule has 1 heterocycles. The van der Waals surface area contributed by atoms with Crippen LogP contribution >= 0.6 is 0 Å². The van der Waals surface area contributed by atoms with Crippen LogP contribution in [0.1, 0.15) is 38.6 Å². The molecule has 0 spiro atoms. The first-order valence-electron chi connectivity index (χ1n) is 6.93. The molecule has 0 aliphatic heterocycles. The molecule has 5 heteroatoms. The Hall–Kier alpha value is -1.36. The van der Waals surface area contributed by atoms with E-state index in [1.54, 1.807) is 6.20 Å². The highest BCUT2D eigenvalue weighted by Crippen LogP contribution is 2.45. The average molecular weight is 265 g/mol. The topological polar surface area (TPSA) is 56.1 Å². The molecule has 2 rings (SSSR count). The number of ether oxygens (including phenoxy) is 1. The fraction of sp³-hybridized carbons (Fsp3) is 0.714. The predicted molar refractivity (Wildman–Crippen MR) is 72.8 cm³/mol. The third-order valence-corrected chi connectivity index (χ3v) is 3.87. The Labute approximate surface area is 114 Å². The van der Waals surface area contributed by atoms with E-state index in [4.69, 9.17) is 4.74 Å². The lowest BCUT2D eigenvalue weighted by atomic mass is 10.1. The molecule has 1 N–H and O–H groups in total. The van der Waals surface area contributed by atoms with Gasteiger partial charge in [-0.25, -0.2) is 4.98 Å². The number of amides is 1. The summed E-state index contributed by atoms with van der Waals surface area (Å²) in [7, 11) is 0. The molecule has 1 fully saturated rings. The smallest absolute Gasteiger partial charge is 0.242 e. The van der Waals surface area contributed by atoms with E-state index in [1.807, 2.05) is 31.5 Å². The summed E-state index contributed by atoms with van der Waals surface area (Å²) in [5.74, 6) is 0.905. The van der Waals surface area contributed by atoms with Gasteiger partial charge >= 0.3 is 0 Å². The highest BCUT2D eigenvalue weighted by Gasteiger charge is 2.43. The van der Waals surface area contributed by atoms with Crippen molar-refractivity contribution >= 4 is 5.91 Å². The van der Waals surface area contributed by atoms with Crippen molar-refractivity contribution < 1.29 is 9.53 Å². The van der Waals surface area contributed by atoms with Crippen LogP contribution in [0, 0.1) is 12.3 Å². The number of nitrogens with one attached hydrogen (secondary N) is 1. The van der Waals surface area contributed by atoms with E-state index < -0.39 is 0 Å². The van der Waals surface area contributed by atoms with Gasteiger partial charge in [-0.05, 0) is 33.6 Å². The van der Waals surface area contributed by atoms with Gasteiger partial charge in [0.1, 0.15) is 11.9 Å². The molecule has 1 aromatic heterocycles. The number of hydrogen-bond donors (Lipinski definition) is 1. The van der Waals surface area contributed by atoms with Crippen LogP contribution in [0.3, 0.4) is 0 Å². The van der Waals surface area contributed by atoms with Crippen LogP contribution in [0.25, 0.3) is 0 Å². The van der Waals surface area contributed by atoms with Gasteiger partial charge in [0.15, 0.2) is 0 Å². The van der Waals surface area contributed by atoms with Crippen molar-refractivity contribution in [1.29, 1.82) is 0 Å². The Morgan fingerprint density at radius 1 is 1.63 bits per heavy atom. The molecular weight excluding hydrogens is 242 g/mol. The molecule has 19 heavy (non-hydrogen) atoms. The van der Waals surface area contributed by atoms with Gasteiger partial charge < -0.3 is 14.6 Å². The van der Waals surface area contributed by atoms with E-state index in [9.17, 15) is 4.79 Å². The Morgan fingerprint density at radius 3 is 2.89 bits per heavy atom. The van der Waals surface area contributed by atoms with Gasteiger partial charge in [0.05, 0.1) is 6.61 Å². The van der Waals surface area contributed by atoms with Crippen molar-refractivity contribution in [3.05, 3.63) is 18.2 Å². The standard InChI is InChI=1S/C14H23N3O2/c1-4-19-10-14(5-6-14)9-16-13(18)11(2)17-8-7-15-12(17)3/h7-8,11H,4-6,9-10H2,1-3H3,(H,16,18). The molecule has 1 saturated carbocycles. The number of hydrogen-bond acceptors (Lipinski definition) is 3. The molecular formula is C14H23N3O2. The van der Waals surface area contributed by atoms with Crippen LogP contribution in [0.4, 0.5) is 0 Å². The molecule has 1 amide bonds. The number of aromatic nitrogens is 2. The number of carbonyl (C=O) groups is 1. The Morgan fingerprint density at radius 2 is 2.37 bits per heavy atom. The van der Waals surface area contributed by atoms with Gasteiger partial charge in [0, 0.05) is 31.0 Å². The SMILES string of the molecule is CCOCC1(CNC(=O)C(C)n2ccnc2C)CC1. The summed E-state index contributed by atoms with van der Waals surface area (Å²) >= 11 is 0. The van der Waals surface area contributed by atoms with E-state index in [-0.39, 0.29) is 17.4 Å². The zero-order valence-electron chi connectivity index (χ0n) is 12.0. The molecule has 0 aromatic carbocycles. The lowest BCUT2D eigenvalue weighted by molar-refractivity contribution is -0.124. The van der Waals surface area contributed by atoms with Crippen molar-refractivity contribution in [1.82, 2.24) is 14.9 Å². The number of rotatable bonds is 7. The molecule has 0 radical (unpaired) electrons. The van der Waals surface area contributed by atoms with Gasteiger partial charge in [-0.2, -0.15) is 0 Å². The first kappa shape index (κ1) is 14.1. The highest BCUT2D eigenvalue weighted by atomic mass is 16.5. The van der Waals surface area contributed by atoms with Crippen molar-refractivity contribution in [2.24, 2.45) is 5.41 Å². The minimum Gasteiger partial charge on any atom is -0.381 e. The minimum absolute atomic E-state index is 0.0453.